The molecule has 1 fully saturated rings. The highest BCUT2D eigenvalue weighted by molar-refractivity contribution is 5.81. The fourth-order valence-corrected chi connectivity index (χ4v) is 2.64. The fourth-order valence-electron chi connectivity index (χ4n) is 2.64. The molecule has 0 saturated heterocycles. The van der Waals surface area contributed by atoms with Crippen molar-refractivity contribution in [3.05, 3.63) is 36.1 Å². The predicted molar refractivity (Wildman–Crippen MR) is 67.0 cm³/mol. The van der Waals surface area contributed by atoms with E-state index < -0.39 is 0 Å². The Bertz CT molecular complexity index is 506. The molecule has 0 spiro atoms. The van der Waals surface area contributed by atoms with Crippen molar-refractivity contribution in [3.8, 4) is 0 Å². The first-order valence-corrected chi connectivity index (χ1v) is 6.33. The van der Waals surface area contributed by atoms with Crippen molar-refractivity contribution in [2.24, 2.45) is 0 Å². The van der Waals surface area contributed by atoms with Crippen molar-refractivity contribution in [3.63, 3.8) is 0 Å². The fraction of sp³-hybridized carbons (Fsp3) is 0.400. The number of furan rings is 1. The van der Waals surface area contributed by atoms with Crippen LogP contribution in [0, 0.1) is 0 Å². The molecule has 1 unspecified atom stereocenters. The van der Waals surface area contributed by atoms with Crippen LogP contribution in [0.5, 0.6) is 0 Å². The Morgan fingerprint density at radius 2 is 2.06 bits per heavy atom. The molecule has 0 aliphatic heterocycles. The topological polar surface area (TPSA) is 30.2 Å². The van der Waals surface area contributed by atoms with Crippen molar-refractivity contribution < 1.29 is 9.21 Å². The summed E-state index contributed by atoms with van der Waals surface area (Å²) in [6, 6.07) is 10.1. The molecule has 1 aromatic heterocycles. The number of benzene rings is 1. The second-order valence-corrected chi connectivity index (χ2v) is 4.87. The van der Waals surface area contributed by atoms with Crippen molar-refractivity contribution >= 4 is 16.8 Å². The highest BCUT2D eigenvalue weighted by atomic mass is 16.3. The maximum absolute atomic E-state index is 11.6. The van der Waals surface area contributed by atoms with Gasteiger partial charge in [0, 0.05) is 24.1 Å². The zero-order valence-corrected chi connectivity index (χ0v) is 9.82. The van der Waals surface area contributed by atoms with E-state index in [9.17, 15) is 4.79 Å². The first-order chi connectivity index (χ1) is 8.33. The van der Waals surface area contributed by atoms with E-state index in [0.717, 1.165) is 42.4 Å². The second kappa shape index (κ2) is 4.36. The van der Waals surface area contributed by atoms with Crippen molar-refractivity contribution in [2.45, 2.75) is 38.0 Å². The van der Waals surface area contributed by atoms with Gasteiger partial charge in [0.2, 0.25) is 0 Å². The molecule has 1 aliphatic rings. The molecule has 88 valence electrons. The van der Waals surface area contributed by atoms with E-state index in [1.54, 1.807) is 0 Å². The number of hydrogen-bond acceptors (Lipinski definition) is 2. The molecule has 2 aromatic rings. The van der Waals surface area contributed by atoms with Gasteiger partial charge in [-0.1, -0.05) is 24.6 Å². The van der Waals surface area contributed by atoms with Crippen molar-refractivity contribution in [1.29, 1.82) is 0 Å². The van der Waals surface area contributed by atoms with E-state index in [0.29, 0.717) is 12.2 Å². The standard InChI is InChI=1S/C15H16O2/c16-13-7-3-1-5-11(9-13)15-10-12-6-2-4-8-14(12)17-15/h2,4,6,8,10-11H,1,3,5,7,9H2. The highest BCUT2D eigenvalue weighted by Gasteiger charge is 2.22. The average molecular weight is 228 g/mol. The Morgan fingerprint density at radius 3 is 2.94 bits per heavy atom. The molecule has 1 saturated carbocycles. The van der Waals surface area contributed by atoms with Gasteiger partial charge in [0.25, 0.3) is 0 Å². The van der Waals surface area contributed by atoms with Gasteiger partial charge in [-0.05, 0) is 25.0 Å². The summed E-state index contributed by atoms with van der Waals surface area (Å²) in [6.07, 6.45) is 4.64. The molecule has 0 amide bonds. The molecule has 1 aromatic carbocycles. The minimum absolute atomic E-state index is 0.289. The van der Waals surface area contributed by atoms with Gasteiger partial charge in [-0.2, -0.15) is 0 Å². The van der Waals surface area contributed by atoms with Crippen LogP contribution in [0.2, 0.25) is 0 Å². The molecule has 3 rings (SSSR count). The Balaban J connectivity index is 1.94. The number of ketones is 1. The van der Waals surface area contributed by atoms with E-state index in [2.05, 4.69) is 12.1 Å². The van der Waals surface area contributed by atoms with E-state index in [4.69, 9.17) is 4.42 Å². The molecule has 2 heteroatoms. The third-order valence-electron chi connectivity index (χ3n) is 3.58. The monoisotopic (exact) mass is 228 g/mol. The summed E-state index contributed by atoms with van der Waals surface area (Å²) < 4.78 is 5.86. The summed E-state index contributed by atoms with van der Waals surface area (Å²) in [5.74, 6) is 1.66. The van der Waals surface area contributed by atoms with E-state index in [1.807, 2.05) is 18.2 Å². The quantitative estimate of drug-likeness (QED) is 0.689. The van der Waals surface area contributed by atoms with Crippen LogP contribution >= 0.6 is 0 Å². The summed E-state index contributed by atoms with van der Waals surface area (Å²) >= 11 is 0. The van der Waals surface area contributed by atoms with Gasteiger partial charge in [0.05, 0.1) is 0 Å². The van der Waals surface area contributed by atoms with Gasteiger partial charge in [0.15, 0.2) is 0 Å². The SMILES string of the molecule is O=C1CCCCC(c2cc3ccccc3o2)C1. The zero-order valence-electron chi connectivity index (χ0n) is 9.82. The molecular weight excluding hydrogens is 212 g/mol. The molecule has 0 N–H and O–H groups in total. The Hall–Kier alpha value is -1.57. The minimum atomic E-state index is 0.289. The van der Waals surface area contributed by atoms with Crippen LogP contribution in [0.15, 0.2) is 34.7 Å². The summed E-state index contributed by atoms with van der Waals surface area (Å²) in [5.41, 5.74) is 0.930. The third-order valence-corrected chi connectivity index (χ3v) is 3.58. The number of rotatable bonds is 1. The van der Waals surface area contributed by atoms with E-state index >= 15 is 0 Å². The highest BCUT2D eigenvalue weighted by Crippen LogP contribution is 2.33. The molecular formula is C15H16O2. The van der Waals surface area contributed by atoms with Crippen LogP contribution in [-0.2, 0) is 4.79 Å². The number of carbonyl (C=O) groups excluding carboxylic acids is 1. The Kier molecular flexibility index (Phi) is 2.71. The second-order valence-electron chi connectivity index (χ2n) is 4.87. The van der Waals surface area contributed by atoms with Crippen molar-refractivity contribution in [2.75, 3.05) is 0 Å². The molecule has 0 bridgehead atoms. The zero-order chi connectivity index (χ0) is 11.7. The molecule has 1 heterocycles. The lowest BCUT2D eigenvalue weighted by Crippen LogP contribution is -2.02. The van der Waals surface area contributed by atoms with E-state index in [-0.39, 0.29) is 5.92 Å². The summed E-state index contributed by atoms with van der Waals surface area (Å²) in [5, 5.41) is 1.14. The van der Waals surface area contributed by atoms with Crippen LogP contribution in [-0.4, -0.2) is 5.78 Å². The molecule has 0 radical (unpaired) electrons. The average Bonchev–Trinajstić information content (AvgIpc) is 2.65. The largest absolute Gasteiger partial charge is 0.461 e. The number of fused-ring (bicyclic) bond motifs is 1. The maximum Gasteiger partial charge on any atom is 0.134 e. The van der Waals surface area contributed by atoms with Crippen LogP contribution in [0.1, 0.15) is 43.8 Å². The van der Waals surface area contributed by atoms with Crippen molar-refractivity contribution in [1.82, 2.24) is 0 Å². The van der Waals surface area contributed by atoms with Crippen LogP contribution in [0.25, 0.3) is 11.0 Å². The number of para-hydroxylation sites is 1. The third kappa shape index (κ3) is 2.12. The summed E-state index contributed by atoms with van der Waals surface area (Å²) in [6.45, 7) is 0. The summed E-state index contributed by atoms with van der Waals surface area (Å²) in [7, 11) is 0. The van der Waals surface area contributed by atoms with Crippen LogP contribution in [0.3, 0.4) is 0 Å². The first-order valence-electron chi connectivity index (χ1n) is 6.33. The predicted octanol–water partition coefficient (Wildman–Crippen LogP) is 4.05. The minimum Gasteiger partial charge on any atom is -0.461 e. The number of carbonyl (C=O) groups is 1. The van der Waals surface area contributed by atoms with Gasteiger partial charge >= 0.3 is 0 Å². The lowest BCUT2D eigenvalue weighted by Gasteiger charge is -2.08. The van der Waals surface area contributed by atoms with E-state index in [1.165, 1.54) is 0 Å². The van der Waals surface area contributed by atoms with Gasteiger partial charge in [-0.25, -0.2) is 0 Å². The molecule has 2 nitrogen and oxygen atoms in total. The normalized spacial score (nSPS) is 21.6. The van der Waals surface area contributed by atoms with Gasteiger partial charge in [0.1, 0.15) is 17.1 Å². The number of Topliss-reactive ketones (excluding diaryl/α,β-unsaturated/α-hetero) is 1. The Labute approximate surface area is 101 Å². The molecule has 1 aliphatic carbocycles. The molecule has 17 heavy (non-hydrogen) atoms. The van der Waals surface area contributed by atoms with Gasteiger partial charge in [-0.15, -0.1) is 0 Å². The maximum atomic E-state index is 11.6. The summed E-state index contributed by atoms with van der Waals surface area (Å²) in [4.78, 5) is 11.6. The lowest BCUT2D eigenvalue weighted by atomic mass is 9.97. The Morgan fingerprint density at radius 1 is 1.18 bits per heavy atom. The molecule has 1 atom stereocenters. The van der Waals surface area contributed by atoms with Crippen LogP contribution < -0.4 is 0 Å². The lowest BCUT2D eigenvalue weighted by molar-refractivity contribution is -0.119. The van der Waals surface area contributed by atoms with Gasteiger partial charge in [-0.3, -0.25) is 4.79 Å². The van der Waals surface area contributed by atoms with Gasteiger partial charge < -0.3 is 4.42 Å². The first kappa shape index (κ1) is 10.6. The number of hydrogen-bond donors (Lipinski definition) is 0. The van der Waals surface area contributed by atoms with Crippen LogP contribution in [0.4, 0.5) is 0 Å². The smallest absolute Gasteiger partial charge is 0.134 e.